The minimum Gasteiger partial charge on any atom is -0.456 e. The van der Waals surface area contributed by atoms with Gasteiger partial charge in [0.25, 0.3) is 0 Å². The highest BCUT2D eigenvalue weighted by molar-refractivity contribution is 7.26. The van der Waals surface area contributed by atoms with E-state index in [0.717, 1.165) is 39.0 Å². The number of nitrogens with zero attached hydrogens (tertiary/aromatic N) is 1. The highest BCUT2D eigenvalue weighted by Crippen LogP contribution is 2.43. The van der Waals surface area contributed by atoms with Gasteiger partial charge in [-0.25, -0.2) is 0 Å². The molecule has 0 N–H and O–H groups in total. The number of rotatable bonds is 4. The van der Waals surface area contributed by atoms with Gasteiger partial charge in [0.2, 0.25) is 0 Å². The number of fused-ring (bicyclic) bond motifs is 9. The van der Waals surface area contributed by atoms with Gasteiger partial charge in [-0.1, -0.05) is 103 Å². The monoisotopic (exact) mass is 617 g/mol. The molecule has 0 aliphatic rings. The smallest absolute Gasteiger partial charge is 0.137 e. The molecule has 10 aromatic rings. The van der Waals surface area contributed by atoms with Crippen molar-refractivity contribution in [3.8, 4) is 11.1 Å². The average Bonchev–Trinajstić information content (AvgIpc) is 3.70. The zero-order valence-corrected chi connectivity index (χ0v) is 26.2. The van der Waals surface area contributed by atoms with Crippen LogP contribution in [-0.4, -0.2) is 0 Å². The molecule has 0 aliphatic heterocycles. The minimum atomic E-state index is 0.883. The molecule has 0 radical (unpaired) electrons. The second-order valence-electron chi connectivity index (χ2n) is 12.1. The number of furan rings is 1. The Labute approximate surface area is 275 Å². The van der Waals surface area contributed by atoms with Gasteiger partial charge in [0.15, 0.2) is 0 Å². The summed E-state index contributed by atoms with van der Waals surface area (Å²) >= 11 is 1.86. The van der Waals surface area contributed by atoms with E-state index in [2.05, 4.69) is 157 Å². The molecule has 0 fully saturated rings. The molecule has 0 saturated heterocycles. The number of thiophene rings is 1. The predicted octanol–water partition coefficient (Wildman–Crippen LogP) is 13.4. The van der Waals surface area contributed by atoms with E-state index in [1.807, 2.05) is 23.5 Å². The topological polar surface area (TPSA) is 16.4 Å². The zero-order valence-electron chi connectivity index (χ0n) is 25.4. The molecule has 0 amide bonds. The Bertz CT molecular complexity index is 2800. The largest absolute Gasteiger partial charge is 0.456 e. The Kier molecular flexibility index (Phi) is 5.78. The molecule has 0 atom stereocenters. The molecule has 10 rings (SSSR count). The molecule has 2 aromatic heterocycles. The third kappa shape index (κ3) is 4.17. The van der Waals surface area contributed by atoms with Crippen molar-refractivity contribution in [3.05, 3.63) is 164 Å². The molecule has 47 heavy (non-hydrogen) atoms. The van der Waals surface area contributed by atoms with Gasteiger partial charge in [-0.2, -0.15) is 0 Å². The summed E-state index contributed by atoms with van der Waals surface area (Å²) in [5.41, 5.74) is 7.47. The molecular formula is C44H27NOS. The first kappa shape index (κ1) is 26.3. The Morgan fingerprint density at radius 1 is 0.404 bits per heavy atom. The quantitative estimate of drug-likeness (QED) is 0.195. The summed E-state index contributed by atoms with van der Waals surface area (Å²) in [5.74, 6) is 0. The van der Waals surface area contributed by atoms with E-state index in [0.29, 0.717) is 0 Å². The lowest BCUT2D eigenvalue weighted by Crippen LogP contribution is -2.09. The molecule has 8 aromatic carbocycles. The van der Waals surface area contributed by atoms with Gasteiger partial charge in [0.05, 0.1) is 0 Å². The zero-order chi connectivity index (χ0) is 30.9. The van der Waals surface area contributed by atoms with Crippen LogP contribution in [-0.2, 0) is 0 Å². The van der Waals surface area contributed by atoms with Crippen LogP contribution in [0.3, 0.4) is 0 Å². The molecule has 2 heterocycles. The fraction of sp³-hybridized carbons (Fsp3) is 0. The van der Waals surface area contributed by atoms with Crippen LogP contribution >= 0.6 is 11.3 Å². The summed E-state index contributed by atoms with van der Waals surface area (Å²) in [6.07, 6.45) is 0. The van der Waals surface area contributed by atoms with Crippen LogP contribution in [0.15, 0.2) is 168 Å². The van der Waals surface area contributed by atoms with Crippen LogP contribution in [0.5, 0.6) is 0 Å². The summed E-state index contributed by atoms with van der Waals surface area (Å²) in [7, 11) is 0. The highest BCUT2D eigenvalue weighted by atomic mass is 32.1. The van der Waals surface area contributed by atoms with E-state index >= 15 is 0 Å². The maximum Gasteiger partial charge on any atom is 0.137 e. The Morgan fingerprint density at radius 3 is 1.98 bits per heavy atom. The molecule has 0 bridgehead atoms. The standard InChI is InChI=1S/C44H27NOS/c1-2-10-34-28(8-1)9-7-13-35(34)29-16-19-31(20-17-29)45(33-22-24-38-37-11-3-5-14-40(37)46-41(38)27-33)32-21-23-36-30(26-32)18-25-43-44(36)39-12-4-6-15-42(39)47-43/h1-27H. The van der Waals surface area contributed by atoms with Crippen LogP contribution in [0, 0.1) is 0 Å². The van der Waals surface area contributed by atoms with Crippen LogP contribution in [0.1, 0.15) is 0 Å². The normalized spacial score (nSPS) is 11.8. The average molecular weight is 618 g/mol. The number of benzene rings is 8. The summed E-state index contributed by atoms with van der Waals surface area (Å²) in [5, 5.41) is 9.93. The van der Waals surface area contributed by atoms with Crippen LogP contribution in [0.2, 0.25) is 0 Å². The van der Waals surface area contributed by atoms with Crippen molar-refractivity contribution in [2.75, 3.05) is 4.90 Å². The van der Waals surface area contributed by atoms with Crippen molar-refractivity contribution in [1.29, 1.82) is 0 Å². The SMILES string of the molecule is c1ccc2c(-c3ccc(N(c4ccc5c(ccc6sc7ccccc7c65)c4)c4ccc5c(c4)oc4ccccc45)cc3)cccc2c1. The first-order valence-corrected chi connectivity index (χ1v) is 16.7. The van der Waals surface area contributed by atoms with E-state index < -0.39 is 0 Å². The molecule has 220 valence electrons. The van der Waals surface area contributed by atoms with E-state index in [1.165, 1.54) is 52.8 Å². The minimum absolute atomic E-state index is 0.883. The van der Waals surface area contributed by atoms with Crippen LogP contribution < -0.4 is 4.90 Å². The van der Waals surface area contributed by atoms with Crippen molar-refractivity contribution >= 4 is 92.1 Å². The molecule has 0 saturated carbocycles. The third-order valence-electron chi connectivity index (χ3n) is 9.45. The molecule has 3 heteroatoms. The number of hydrogen-bond acceptors (Lipinski definition) is 3. The molecule has 2 nitrogen and oxygen atoms in total. The summed E-state index contributed by atoms with van der Waals surface area (Å²) < 4.78 is 9.00. The first-order chi connectivity index (χ1) is 23.3. The first-order valence-electron chi connectivity index (χ1n) is 15.9. The fourth-order valence-electron chi connectivity index (χ4n) is 7.25. The van der Waals surface area contributed by atoms with Gasteiger partial charge in [0.1, 0.15) is 11.2 Å². The fourth-order valence-corrected chi connectivity index (χ4v) is 8.37. The van der Waals surface area contributed by atoms with E-state index in [4.69, 9.17) is 4.42 Å². The van der Waals surface area contributed by atoms with E-state index in [1.54, 1.807) is 0 Å². The van der Waals surface area contributed by atoms with Crippen LogP contribution in [0.25, 0.3) is 74.8 Å². The summed E-state index contributed by atoms with van der Waals surface area (Å²) in [6.45, 7) is 0. The number of para-hydroxylation sites is 1. The lowest BCUT2D eigenvalue weighted by molar-refractivity contribution is 0.669. The molecule has 0 aliphatic carbocycles. The van der Waals surface area contributed by atoms with E-state index in [9.17, 15) is 0 Å². The maximum atomic E-state index is 6.36. The van der Waals surface area contributed by atoms with Crippen molar-refractivity contribution in [2.45, 2.75) is 0 Å². The van der Waals surface area contributed by atoms with E-state index in [-0.39, 0.29) is 0 Å². The van der Waals surface area contributed by atoms with Gasteiger partial charge in [-0.3, -0.25) is 0 Å². The van der Waals surface area contributed by atoms with Crippen molar-refractivity contribution in [2.24, 2.45) is 0 Å². The summed E-state index contributed by atoms with van der Waals surface area (Å²) in [6, 6.07) is 59.1. The van der Waals surface area contributed by atoms with Crippen molar-refractivity contribution in [3.63, 3.8) is 0 Å². The Morgan fingerprint density at radius 2 is 1.09 bits per heavy atom. The van der Waals surface area contributed by atoms with Gasteiger partial charge < -0.3 is 9.32 Å². The summed E-state index contributed by atoms with van der Waals surface area (Å²) in [4.78, 5) is 2.34. The maximum absolute atomic E-state index is 6.36. The molecule has 0 spiro atoms. The van der Waals surface area contributed by atoms with Gasteiger partial charge in [0, 0.05) is 54.1 Å². The molecule has 0 unspecified atom stereocenters. The predicted molar refractivity (Wildman–Crippen MR) is 202 cm³/mol. The molecular weight excluding hydrogens is 591 g/mol. The highest BCUT2D eigenvalue weighted by Gasteiger charge is 2.17. The lowest BCUT2D eigenvalue weighted by atomic mass is 9.98. The second kappa shape index (κ2) is 10.3. The van der Waals surface area contributed by atoms with Gasteiger partial charge in [-0.05, 0) is 87.3 Å². The van der Waals surface area contributed by atoms with Gasteiger partial charge in [-0.15, -0.1) is 11.3 Å². The number of anilines is 3. The lowest BCUT2D eigenvalue weighted by Gasteiger charge is -2.26. The van der Waals surface area contributed by atoms with Crippen molar-refractivity contribution < 1.29 is 4.42 Å². The number of hydrogen-bond donors (Lipinski definition) is 0. The Hall–Kier alpha value is -5.90. The van der Waals surface area contributed by atoms with Gasteiger partial charge >= 0.3 is 0 Å². The second-order valence-corrected chi connectivity index (χ2v) is 13.2. The van der Waals surface area contributed by atoms with Crippen molar-refractivity contribution in [1.82, 2.24) is 0 Å². The Balaban J connectivity index is 1.15. The van der Waals surface area contributed by atoms with Crippen LogP contribution in [0.4, 0.5) is 17.1 Å². The third-order valence-corrected chi connectivity index (χ3v) is 10.6.